The van der Waals surface area contributed by atoms with E-state index in [4.69, 9.17) is 14.2 Å². The van der Waals surface area contributed by atoms with E-state index in [2.05, 4.69) is 69.4 Å². The Hall–Kier alpha value is -2.63. The van der Waals surface area contributed by atoms with E-state index in [0.717, 1.165) is 70.6 Å². The van der Waals surface area contributed by atoms with Crippen LogP contribution in [0.25, 0.3) is 0 Å². The zero-order valence-electron chi connectivity index (χ0n) is 52.5. The molecule has 0 aromatic heterocycles. The summed E-state index contributed by atoms with van der Waals surface area (Å²) < 4.78 is 17.0. The molecule has 0 fully saturated rings. The maximum atomic E-state index is 12.9. The average molecular weight is 1090 g/mol. The summed E-state index contributed by atoms with van der Waals surface area (Å²) in [5, 5.41) is 0. The standard InChI is InChI=1S/C72H132O6/c1-4-7-10-13-16-19-22-25-27-29-31-33-34-35-36-37-38-40-41-43-45-47-50-53-56-59-62-65-71(74)77-68-69(67-76-70(73)64-61-58-55-52-49-24-21-18-15-12-9-6-3)78-72(75)66-63-60-57-54-51-48-46-44-42-39-32-30-28-26-23-20-17-14-11-8-5-2/h18,21,23,26,29-32,69H,4-17,19-20,22,24-25,27-28,33-68H2,1-3H3/b21-18-,26-23-,31-29-,32-30-. The highest BCUT2D eigenvalue weighted by Gasteiger charge is 2.19. The molecule has 0 bridgehead atoms. The molecule has 78 heavy (non-hydrogen) atoms. The Kier molecular flexibility index (Phi) is 64.6. The first-order chi connectivity index (χ1) is 38.5. The second kappa shape index (κ2) is 66.9. The predicted octanol–water partition coefficient (Wildman–Crippen LogP) is 23.7. The van der Waals surface area contributed by atoms with Crippen molar-refractivity contribution in [3.8, 4) is 0 Å². The Balaban J connectivity index is 4.22. The number of hydrogen-bond acceptors (Lipinski definition) is 6. The lowest BCUT2D eigenvalue weighted by Crippen LogP contribution is -2.30. The van der Waals surface area contributed by atoms with Gasteiger partial charge in [-0.15, -0.1) is 0 Å². The lowest BCUT2D eigenvalue weighted by molar-refractivity contribution is -0.167. The number of allylic oxidation sites excluding steroid dienone is 8. The fourth-order valence-electron chi connectivity index (χ4n) is 10.3. The summed E-state index contributed by atoms with van der Waals surface area (Å²) >= 11 is 0. The normalized spacial score (nSPS) is 12.3. The topological polar surface area (TPSA) is 78.9 Å². The number of esters is 3. The second-order valence-corrected chi connectivity index (χ2v) is 23.4. The Morgan fingerprint density at radius 2 is 0.462 bits per heavy atom. The van der Waals surface area contributed by atoms with Crippen molar-refractivity contribution in [2.24, 2.45) is 0 Å². The molecule has 0 radical (unpaired) electrons. The molecule has 0 rings (SSSR count). The van der Waals surface area contributed by atoms with Crippen molar-refractivity contribution in [3.63, 3.8) is 0 Å². The van der Waals surface area contributed by atoms with Crippen molar-refractivity contribution in [2.75, 3.05) is 13.2 Å². The minimum absolute atomic E-state index is 0.0742. The Bertz CT molecular complexity index is 1350. The van der Waals surface area contributed by atoms with Crippen LogP contribution < -0.4 is 0 Å². The van der Waals surface area contributed by atoms with Crippen LogP contribution >= 0.6 is 0 Å². The van der Waals surface area contributed by atoms with E-state index in [9.17, 15) is 14.4 Å². The molecule has 0 spiro atoms. The quantitative estimate of drug-likeness (QED) is 0.0261. The minimum atomic E-state index is -0.778. The van der Waals surface area contributed by atoms with Gasteiger partial charge >= 0.3 is 17.9 Å². The van der Waals surface area contributed by atoms with E-state index < -0.39 is 6.10 Å². The van der Waals surface area contributed by atoms with Crippen molar-refractivity contribution in [1.82, 2.24) is 0 Å². The highest BCUT2D eigenvalue weighted by molar-refractivity contribution is 5.71. The van der Waals surface area contributed by atoms with Crippen LogP contribution in [-0.4, -0.2) is 37.2 Å². The SMILES string of the molecule is CCCCC/C=C\CCCCCCCC(=O)OCC(COC(=O)CCCCCCCCCCCCCCCCC/C=C\CCCCCCCCCC)OC(=O)CCCCCCCCCCC/C=C\C/C=C\CCCCCCC. The Morgan fingerprint density at radius 1 is 0.256 bits per heavy atom. The molecule has 0 aromatic rings. The van der Waals surface area contributed by atoms with Crippen LogP contribution in [0.1, 0.15) is 374 Å². The monoisotopic (exact) mass is 1090 g/mol. The molecule has 0 saturated carbocycles. The number of rotatable bonds is 64. The summed E-state index contributed by atoms with van der Waals surface area (Å²) in [4.78, 5) is 38.4. The molecule has 1 unspecified atom stereocenters. The zero-order valence-corrected chi connectivity index (χ0v) is 52.5. The Labute approximate surface area is 486 Å². The maximum absolute atomic E-state index is 12.9. The largest absolute Gasteiger partial charge is 0.462 e. The summed E-state index contributed by atoms with van der Waals surface area (Å²) in [6.07, 6.45) is 84.2. The first-order valence-corrected chi connectivity index (χ1v) is 34.6. The average Bonchev–Trinajstić information content (AvgIpc) is 3.44. The Morgan fingerprint density at radius 3 is 0.744 bits per heavy atom. The molecule has 0 aliphatic rings. The van der Waals surface area contributed by atoms with Gasteiger partial charge < -0.3 is 14.2 Å². The highest BCUT2D eigenvalue weighted by Crippen LogP contribution is 2.18. The van der Waals surface area contributed by atoms with Gasteiger partial charge in [-0.3, -0.25) is 14.4 Å². The van der Waals surface area contributed by atoms with Gasteiger partial charge in [-0.25, -0.2) is 0 Å². The molecular formula is C72H132O6. The van der Waals surface area contributed by atoms with Crippen LogP contribution in [0.3, 0.4) is 0 Å². The molecule has 456 valence electrons. The first kappa shape index (κ1) is 75.4. The first-order valence-electron chi connectivity index (χ1n) is 34.6. The fraction of sp³-hybridized carbons (Fsp3) is 0.847. The van der Waals surface area contributed by atoms with Crippen LogP contribution in [0.5, 0.6) is 0 Å². The van der Waals surface area contributed by atoms with Crippen LogP contribution in [0.2, 0.25) is 0 Å². The van der Waals surface area contributed by atoms with E-state index in [1.807, 2.05) is 0 Å². The third-order valence-corrected chi connectivity index (χ3v) is 15.5. The summed E-state index contributed by atoms with van der Waals surface area (Å²) in [7, 11) is 0. The predicted molar refractivity (Wildman–Crippen MR) is 339 cm³/mol. The molecule has 0 heterocycles. The zero-order chi connectivity index (χ0) is 56.4. The minimum Gasteiger partial charge on any atom is -0.462 e. The van der Waals surface area contributed by atoms with Gasteiger partial charge in [0, 0.05) is 19.3 Å². The summed E-state index contributed by atoms with van der Waals surface area (Å²) in [5.74, 6) is -0.866. The molecule has 1 atom stereocenters. The van der Waals surface area contributed by atoms with Gasteiger partial charge in [-0.2, -0.15) is 0 Å². The molecule has 0 amide bonds. The molecule has 6 heteroatoms. The van der Waals surface area contributed by atoms with Crippen molar-refractivity contribution in [3.05, 3.63) is 48.6 Å². The lowest BCUT2D eigenvalue weighted by atomic mass is 10.0. The van der Waals surface area contributed by atoms with Gasteiger partial charge in [0.2, 0.25) is 0 Å². The van der Waals surface area contributed by atoms with Crippen molar-refractivity contribution < 1.29 is 28.6 Å². The second-order valence-electron chi connectivity index (χ2n) is 23.4. The van der Waals surface area contributed by atoms with Crippen molar-refractivity contribution in [1.29, 1.82) is 0 Å². The molecule has 0 saturated heterocycles. The lowest BCUT2D eigenvalue weighted by Gasteiger charge is -2.18. The van der Waals surface area contributed by atoms with E-state index >= 15 is 0 Å². The molecular weight excluding hydrogens is 961 g/mol. The van der Waals surface area contributed by atoms with E-state index in [0.29, 0.717) is 19.3 Å². The molecule has 0 aliphatic heterocycles. The van der Waals surface area contributed by atoms with Gasteiger partial charge in [-0.1, -0.05) is 301 Å². The van der Waals surface area contributed by atoms with E-state index in [1.54, 1.807) is 0 Å². The van der Waals surface area contributed by atoms with Crippen molar-refractivity contribution in [2.45, 2.75) is 380 Å². The fourth-order valence-corrected chi connectivity index (χ4v) is 10.3. The van der Waals surface area contributed by atoms with Gasteiger partial charge in [0.05, 0.1) is 0 Å². The van der Waals surface area contributed by atoms with E-state index in [1.165, 1.54) is 263 Å². The third-order valence-electron chi connectivity index (χ3n) is 15.5. The number of carbonyl (C=O) groups excluding carboxylic acids is 3. The smallest absolute Gasteiger partial charge is 0.306 e. The van der Waals surface area contributed by atoms with Gasteiger partial charge in [0.15, 0.2) is 6.10 Å². The summed E-state index contributed by atoms with van der Waals surface area (Å²) in [6, 6.07) is 0. The molecule has 0 aliphatic carbocycles. The van der Waals surface area contributed by atoms with Crippen LogP contribution in [0, 0.1) is 0 Å². The summed E-state index contributed by atoms with van der Waals surface area (Å²) in [6.45, 7) is 6.65. The number of ether oxygens (including phenoxy) is 3. The van der Waals surface area contributed by atoms with Gasteiger partial charge in [0.25, 0.3) is 0 Å². The van der Waals surface area contributed by atoms with Gasteiger partial charge in [0.1, 0.15) is 13.2 Å². The van der Waals surface area contributed by atoms with Crippen LogP contribution in [0.4, 0.5) is 0 Å². The number of hydrogen-bond donors (Lipinski definition) is 0. The summed E-state index contributed by atoms with van der Waals surface area (Å²) in [5.41, 5.74) is 0. The maximum Gasteiger partial charge on any atom is 0.306 e. The van der Waals surface area contributed by atoms with Crippen LogP contribution in [0.15, 0.2) is 48.6 Å². The number of unbranched alkanes of at least 4 members (excludes halogenated alkanes) is 45. The van der Waals surface area contributed by atoms with E-state index in [-0.39, 0.29) is 31.1 Å². The van der Waals surface area contributed by atoms with Gasteiger partial charge in [-0.05, 0) is 103 Å². The molecule has 0 N–H and O–H groups in total. The van der Waals surface area contributed by atoms with Crippen molar-refractivity contribution >= 4 is 17.9 Å². The van der Waals surface area contributed by atoms with Crippen LogP contribution in [-0.2, 0) is 28.6 Å². The third kappa shape index (κ3) is 64.2. The highest BCUT2D eigenvalue weighted by atomic mass is 16.6. The molecule has 0 aromatic carbocycles. The molecule has 6 nitrogen and oxygen atoms in total. The number of carbonyl (C=O) groups is 3.